The molecular formula is C18H20FN3OS. The van der Waals surface area contributed by atoms with Gasteiger partial charge in [0.1, 0.15) is 5.82 Å². The number of hydrogen-bond acceptors (Lipinski definition) is 4. The maximum Gasteiger partial charge on any atom is 0.230 e. The van der Waals surface area contributed by atoms with E-state index in [2.05, 4.69) is 10.3 Å². The van der Waals surface area contributed by atoms with Crippen LogP contribution in [0.1, 0.15) is 12.8 Å². The third kappa shape index (κ3) is 4.47. The fourth-order valence-electron chi connectivity index (χ4n) is 2.83. The van der Waals surface area contributed by atoms with Crippen LogP contribution in [0.3, 0.4) is 0 Å². The van der Waals surface area contributed by atoms with E-state index < -0.39 is 0 Å². The van der Waals surface area contributed by atoms with Crippen LogP contribution in [-0.4, -0.2) is 35.8 Å². The van der Waals surface area contributed by atoms with E-state index in [1.165, 1.54) is 17.8 Å². The Kier molecular flexibility index (Phi) is 5.69. The average molecular weight is 345 g/mol. The lowest BCUT2D eigenvalue weighted by Crippen LogP contribution is -2.45. The van der Waals surface area contributed by atoms with Gasteiger partial charge in [-0.05, 0) is 37.1 Å². The predicted molar refractivity (Wildman–Crippen MR) is 94.7 cm³/mol. The van der Waals surface area contributed by atoms with Gasteiger partial charge in [-0.25, -0.2) is 4.39 Å². The molecule has 1 aliphatic heterocycles. The lowest BCUT2D eigenvalue weighted by molar-refractivity contribution is -0.119. The number of nitrogens with zero attached hydrogens (tertiary/aromatic N) is 2. The molecule has 2 heterocycles. The van der Waals surface area contributed by atoms with Crippen molar-refractivity contribution < 1.29 is 9.18 Å². The van der Waals surface area contributed by atoms with Crippen molar-refractivity contribution in [3.8, 4) is 0 Å². The number of amides is 1. The van der Waals surface area contributed by atoms with Crippen LogP contribution in [-0.2, 0) is 4.79 Å². The first kappa shape index (κ1) is 16.8. The molecule has 1 aromatic heterocycles. The van der Waals surface area contributed by atoms with E-state index in [0.29, 0.717) is 11.4 Å². The van der Waals surface area contributed by atoms with Crippen molar-refractivity contribution in [1.82, 2.24) is 10.3 Å². The van der Waals surface area contributed by atoms with Gasteiger partial charge in [-0.3, -0.25) is 9.78 Å². The summed E-state index contributed by atoms with van der Waals surface area (Å²) in [7, 11) is 0. The Hall–Kier alpha value is -2.08. The SMILES string of the molecule is O=C(CSc1ccncc1)NC1CCN(c2ccccc2F)CC1. The molecule has 0 spiro atoms. The Labute approximate surface area is 145 Å². The summed E-state index contributed by atoms with van der Waals surface area (Å²) in [6.07, 6.45) is 5.11. The monoisotopic (exact) mass is 345 g/mol. The topological polar surface area (TPSA) is 45.2 Å². The Bertz CT molecular complexity index is 675. The molecule has 1 N–H and O–H groups in total. The molecule has 0 bridgehead atoms. The second kappa shape index (κ2) is 8.15. The molecule has 0 radical (unpaired) electrons. The highest BCUT2D eigenvalue weighted by Crippen LogP contribution is 2.23. The van der Waals surface area contributed by atoms with Gasteiger partial charge >= 0.3 is 0 Å². The second-order valence-electron chi connectivity index (χ2n) is 5.75. The number of rotatable bonds is 5. The Morgan fingerprint density at radius 1 is 1.21 bits per heavy atom. The molecule has 0 unspecified atom stereocenters. The highest BCUT2D eigenvalue weighted by molar-refractivity contribution is 8.00. The molecule has 2 aromatic rings. The van der Waals surface area contributed by atoms with E-state index in [9.17, 15) is 9.18 Å². The molecule has 4 nitrogen and oxygen atoms in total. The van der Waals surface area contributed by atoms with Crippen molar-refractivity contribution in [2.24, 2.45) is 0 Å². The van der Waals surface area contributed by atoms with Crippen LogP contribution < -0.4 is 10.2 Å². The highest BCUT2D eigenvalue weighted by Gasteiger charge is 2.22. The van der Waals surface area contributed by atoms with Gasteiger partial charge in [-0.2, -0.15) is 0 Å². The first-order valence-corrected chi connectivity index (χ1v) is 9.02. The molecule has 1 amide bonds. The maximum absolute atomic E-state index is 13.8. The third-order valence-corrected chi connectivity index (χ3v) is 5.08. The predicted octanol–water partition coefficient (Wildman–Crippen LogP) is 3.10. The fraction of sp³-hybridized carbons (Fsp3) is 0.333. The van der Waals surface area contributed by atoms with Gasteiger partial charge in [0.25, 0.3) is 0 Å². The molecule has 1 aliphatic rings. The van der Waals surface area contributed by atoms with Crippen LogP contribution in [0.4, 0.5) is 10.1 Å². The fourth-order valence-corrected chi connectivity index (χ4v) is 3.52. The molecule has 0 atom stereocenters. The van der Waals surface area contributed by atoms with E-state index in [1.54, 1.807) is 24.5 Å². The summed E-state index contributed by atoms with van der Waals surface area (Å²) < 4.78 is 13.8. The number of halogens is 1. The number of piperidine rings is 1. The van der Waals surface area contributed by atoms with Crippen molar-refractivity contribution in [3.63, 3.8) is 0 Å². The van der Waals surface area contributed by atoms with Gasteiger partial charge in [0.15, 0.2) is 0 Å². The van der Waals surface area contributed by atoms with Gasteiger partial charge in [-0.15, -0.1) is 11.8 Å². The van der Waals surface area contributed by atoms with E-state index in [1.807, 2.05) is 23.1 Å². The number of nitrogens with one attached hydrogen (secondary N) is 1. The van der Waals surface area contributed by atoms with Crippen molar-refractivity contribution in [3.05, 3.63) is 54.6 Å². The van der Waals surface area contributed by atoms with Crippen LogP contribution in [0.5, 0.6) is 0 Å². The lowest BCUT2D eigenvalue weighted by Gasteiger charge is -2.34. The van der Waals surface area contributed by atoms with Crippen LogP contribution in [0, 0.1) is 5.82 Å². The zero-order valence-corrected chi connectivity index (χ0v) is 14.1. The van der Waals surface area contributed by atoms with E-state index >= 15 is 0 Å². The quantitative estimate of drug-likeness (QED) is 0.846. The summed E-state index contributed by atoms with van der Waals surface area (Å²) in [6.45, 7) is 1.51. The zero-order chi connectivity index (χ0) is 16.8. The summed E-state index contributed by atoms with van der Waals surface area (Å²) in [4.78, 5) is 19.1. The second-order valence-corrected chi connectivity index (χ2v) is 6.80. The number of thioether (sulfide) groups is 1. The number of carbonyl (C=O) groups is 1. The average Bonchev–Trinajstić information content (AvgIpc) is 2.62. The number of benzene rings is 1. The number of hydrogen-bond donors (Lipinski definition) is 1. The van der Waals surface area contributed by atoms with Gasteiger partial charge in [0.05, 0.1) is 11.4 Å². The van der Waals surface area contributed by atoms with Crippen LogP contribution >= 0.6 is 11.8 Å². The van der Waals surface area contributed by atoms with Crippen molar-refractivity contribution >= 4 is 23.4 Å². The van der Waals surface area contributed by atoms with Crippen LogP contribution in [0.2, 0.25) is 0 Å². The van der Waals surface area contributed by atoms with Gasteiger partial charge in [0, 0.05) is 36.4 Å². The molecule has 1 aromatic carbocycles. The van der Waals surface area contributed by atoms with E-state index in [0.717, 1.165) is 30.8 Å². The van der Waals surface area contributed by atoms with Crippen molar-refractivity contribution in [1.29, 1.82) is 0 Å². The number of anilines is 1. The van der Waals surface area contributed by atoms with E-state index in [-0.39, 0.29) is 17.8 Å². The minimum atomic E-state index is -0.186. The lowest BCUT2D eigenvalue weighted by atomic mass is 10.0. The van der Waals surface area contributed by atoms with Gasteiger partial charge in [-0.1, -0.05) is 12.1 Å². The molecule has 6 heteroatoms. The Balaban J connectivity index is 1.44. The van der Waals surface area contributed by atoms with Crippen LogP contribution in [0.25, 0.3) is 0 Å². The molecule has 1 fully saturated rings. The summed E-state index contributed by atoms with van der Waals surface area (Å²) in [6, 6.07) is 10.8. The zero-order valence-electron chi connectivity index (χ0n) is 13.3. The van der Waals surface area contributed by atoms with Gasteiger partial charge in [0.2, 0.25) is 5.91 Å². The number of pyridine rings is 1. The molecule has 0 saturated carbocycles. The first-order valence-electron chi connectivity index (χ1n) is 8.04. The standard InChI is InChI=1S/C18H20FN3OS/c19-16-3-1-2-4-17(16)22-11-7-14(8-12-22)21-18(23)13-24-15-5-9-20-10-6-15/h1-6,9-10,14H,7-8,11-13H2,(H,21,23). The highest BCUT2D eigenvalue weighted by atomic mass is 32.2. The van der Waals surface area contributed by atoms with Crippen molar-refractivity contribution in [2.75, 3.05) is 23.7 Å². The Morgan fingerprint density at radius 3 is 2.62 bits per heavy atom. The Morgan fingerprint density at radius 2 is 1.92 bits per heavy atom. The van der Waals surface area contributed by atoms with E-state index in [4.69, 9.17) is 0 Å². The normalized spacial score (nSPS) is 15.3. The molecule has 126 valence electrons. The number of para-hydroxylation sites is 1. The summed E-state index contributed by atoms with van der Waals surface area (Å²) in [5.74, 6) is 0.257. The summed E-state index contributed by atoms with van der Waals surface area (Å²) in [5, 5.41) is 3.08. The summed E-state index contributed by atoms with van der Waals surface area (Å²) >= 11 is 1.50. The first-order chi connectivity index (χ1) is 11.7. The maximum atomic E-state index is 13.8. The summed E-state index contributed by atoms with van der Waals surface area (Å²) in [5.41, 5.74) is 0.649. The van der Waals surface area contributed by atoms with Crippen molar-refractivity contribution in [2.45, 2.75) is 23.8 Å². The van der Waals surface area contributed by atoms with Crippen LogP contribution in [0.15, 0.2) is 53.7 Å². The number of carbonyl (C=O) groups excluding carboxylic acids is 1. The molecule has 1 saturated heterocycles. The molecule has 3 rings (SSSR count). The molecule has 24 heavy (non-hydrogen) atoms. The van der Waals surface area contributed by atoms with Gasteiger partial charge < -0.3 is 10.2 Å². The minimum absolute atomic E-state index is 0.0427. The largest absolute Gasteiger partial charge is 0.369 e. The molecular weight excluding hydrogens is 325 g/mol. The smallest absolute Gasteiger partial charge is 0.230 e. The number of aromatic nitrogens is 1. The third-order valence-electron chi connectivity index (χ3n) is 4.07. The minimum Gasteiger partial charge on any atom is -0.369 e. The molecule has 0 aliphatic carbocycles.